The van der Waals surface area contributed by atoms with Crippen LogP contribution in [0.5, 0.6) is 0 Å². The highest BCUT2D eigenvalue weighted by molar-refractivity contribution is 6.30. The van der Waals surface area contributed by atoms with E-state index in [9.17, 15) is 9.50 Å². The summed E-state index contributed by atoms with van der Waals surface area (Å²) in [4.78, 5) is 13.3. The van der Waals surface area contributed by atoms with Crippen molar-refractivity contribution in [3.05, 3.63) is 41.4 Å². The van der Waals surface area contributed by atoms with E-state index >= 15 is 0 Å². The lowest BCUT2D eigenvalue weighted by atomic mass is 9.86. The van der Waals surface area contributed by atoms with E-state index in [4.69, 9.17) is 21.5 Å². The zero-order chi connectivity index (χ0) is 18.4. The van der Waals surface area contributed by atoms with Crippen LogP contribution in [-0.2, 0) is 4.79 Å². The SMILES string of the molecule is CC(=O)O.OC[C@@H]1CCC[C@@H](n2ccnc2-c2cc(Cl)ccc2F)C1. The third-order valence-electron chi connectivity index (χ3n) is 4.24. The van der Waals surface area contributed by atoms with Gasteiger partial charge < -0.3 is 14.8 Å². The van der Waals surface area contributed by atoms with Gasteiger partial charge in [0.2, 0.25) is 0 Å². The van der Waals surface area contributed by atoms with Crippen LogP contribution in [0.2, 0.25) is 5.02 Å². The normalized spacial score (nSPS) is 19.8. The van der Waals surface area contributed by atoms with E-state index in [0.29, 0.717) is 22.3 Å². The van der Waals surface area contributed by atoms with Gasteiger partial charge in [0.1, 0.15) is 11.6 Å². The highest BCUT2D eigenvalue weighted by Gasteiger charge is 2.25. The first-order valence-electron chi connectivity index (χ1n) is 8.21. The number of imidazole rings is 1. The number of hydrogen-bond acceptors (Lipinski definition) is 3. The molecule has 1 saturated carbocycles. The Hall–Kier alpha value is -1.92. The van der Waals surface area contributed by atoms with Gasteiger partial charge in [0.05, 0.1) is 5.56 Å². The second kappa shape index (κ2) is 8.97. The molecule has 0 bridgehead atoms. The van der Waals surface area contributed by atoms with Crippen LogP contribution in [-0.4, -0.2) is 32.3 Å². The maximum absolute atomic E-state index is 14.1. The molecule has 0 spiro atoms. The number of aromatic nitrogens is 2. The van der Waals surface area contributed by atoms with Gasteiger partial charge in [0.25, 0.3) is 5.97 Å². The molecule has 25 heavy (non-hydrogen) atoms. The van der Waals surface area contributed by atoms with Crippen LogP contribution in [0.1, 0.15) is 38.6 Å². The number of hydrogen-bond donors (Lipinski definition) is 2. The van der Waals surface area contributed by atoms with Crippen molar-refractivity contribution in [3.63, 3.8) is 0 Å². The molecule has 1 heterocycles. The second-order valence-electron chi connectivity index (χ2n) is 6.17. The van der Waals surface area contributed by atoms with Crippen molar-refractivity contribution in [1.29, 1.82) is 0 Å². The van der Waals surface area contributed by atoms with E-state index in [1.165, 1.54) is 12.1 Å². The molecule has 3 rings (SSSR count). The number of carbonyl (C=O) groups is 1. The summed E-state index contributed by atoms with van der Waals surface area (Å²) in [6, 6.07) is 4.78. The van der Waals surface area contributed by atoms with Crippen LogP contribution in [0, 0.1) is 11.7 Å². The standard InChI is InChI=1S/C16H18ClFN2O.C2H4O2/c17-12-4-5-15(18)14(9-12)16-19-6-7-20(16)13-3-1-2-11(8-13)10-21;1-2(3)4/h4-7,9,11,13,21H,1-3,8,10H2;1H3,(H,3,4)/t11-,13-;/m1./s1. The molecule has 5 nitrogen and oxygen atoms in total. The monoisotopic (exact) mass is 368 g/mol. The molecule has 0 amide bonds. The fourth-order valence-corrected chi connectivity index (χ4v) is 3.34. The lowest BCUT2D eigenvalue weighted by Gasteiger charge is -2.30. The Morgan fingerprint density at radius 1 is 1.44 bits per heavy atom. The predicted molar refractivity (Wildman–Crippen MR) is 94.0 cm³/mol. The molecule has 0 saturated heterocycles. The summed E-state index contributed by atoms with van der Waals surface area (Å²) in [7, 11) is 0. The summed E-state index contributed by atoms with van der Waals surface area (Å²) < 4.78 is 16.1. The first-order valence-corrected chi connectivity index (χ1v) is 8.58. The molecule has 2 aromatic rings. The van der Waals surface area contributed by atoms with Gasteiger partial charge in [0, 0.05) is 37.0 Å². The Kier molecular flexibility index (Phi) is 6.96. The number of halogens is 2. The van der Waals surface area contributed by atoms with Gasteiger partial charge in [0.15, 0.2) is 0 Å². The van der Waals surface area contributed by atoms with Crippen LogP contribution in [0.25, 0.3) is 11.4 Å². The molecule has 1 fully saturated rings. The van der Waals surface area contributed by atoms with E-state index in [1.54, 1.807) is 12.3 Å². The Bertz CT molecular complexity index is 716. The maximum Gasteiger partial charge on any atom is 0.300 e. The molecule has 1 aromatic heterocycles. The van der Waals surface area contributed by atoms with Crippen molar-refractivity contribution >= 4 is 17.6 Å². The van der Waals surface area contributed by atoms with Gasteiger partial charge in [-0.05, 0) is 43.4 Å². The van der Waals surface area contributed by atoms with Crippen LogP contribution < -0.4 is 0 Å². The topological polar surface area (TPSA) is 75.3 Å². The summed E-state index contributed by atoms with van der Waals surface area (Å²) in [5.74, 6) is -0.219. The second-order valence-corrected chi connectivity index (χ2v) is 6.61. The predicted octanol–water partition coefficient (Wildman–Crippen LogP) is 4.16. The molecular weight excluding hydrogens is 347 g/mol. The molecule has 0 radical (unpaired) electrons. The summed E-state index contributed by atoms with van der Waals surface area (Å²) in [6.07, 6.45) is 7.65. The molecule has 136 valence electrons. The van der Waals surface area contributed by atoms with Crippen molar-refractivity contribution in [2.24, 2.45) is 5.92 Å². The van der Waals surface area contributed by atoms with Gasteiger partial charge in [-0.15, -0.1) is 0 Å². The first-order chi connectivity index (χ1) is 11.9. The number of nitrogens with zero attached hydrogens (tertiary/aromatic N) is 2. The number of benzene rings is 1. The number of aliphatic carboxylic acids is 1. The minimum atomic E-state index is -0.833. The Morgan fingerprint density at radius 2 is 2.16 bits per heavy atom. The van der Waals surface area contributed by atoms with Crippen molar-refractivity contribution in [2.75, 3.05) is 6.61 Å². The highest BCUT2D eigenvalue weighted by Crippen LogP contribution is 2.35. The average molecular weight is 369 g/mol. The van der Waals surface area contributed by atoms with Gasteiger partial charge >= 0.3 is 0 Å². The molecular formula is C18H22ClFN2O3. The molecule has 0 aliphatic heterocycles. The summed E-state index contributed by atoms with van der Waals surface area (Å²) in [6.45, 7) is 1.30. The zero-order valence-electron chi connectivity index (χ0n) is 14.0. The van der Waals surface area contributed by atoms with Crippen molar-refractivity contribution in [3.8, 4) is 11.4 Å². The van der Waals surface area contributed by atoms with Crippen molar-refractivity contribution in [2.45, 2.75) is 38.6 Å². The minimum Gasteiger partial charge on any atom is -0.481 e. The third kappa shape index (κ3) is 5.28. The minimum absolute atomic E-state index is 0.214. The van der Waals surface area contributed by atoms with Crippen LogP contribution >= 0.6 is 11.6 Å². The lowest BCUT2D eigenvalue weighted by molar-refractivity contribution is -0.134. The van der Waals surface area contributed by atoms with E-state index < -0.39 is 5.97 Å². The van der Waals surface area contributed by atoms with Crippen LogP contribution in [0.3, 0.4) is 0 Å². The van der Waals surface area contributed by atoms with Gasteiger partial charge in [-0.3, -0.25) is 4.79 Å². The number of carboxylic acids is 1. The molecule has 0 unspecified atom stereocenters. The Balaban J connectivity index is 0.000000511. The van der Waals surface area contributed by atoms with Crippen LogP contribution in [0.4, 0.5) is 4.39 Å². The lowest BCUT2D eigenvalue weighted by Crippen LogP contribution is -2.21. The van der Waals surface area contributed by atoms with Crippen molar-refractivity contribution < 1.29 is 19.4 Å². The maximum atomic E-state index is 14.1. The quantitative estimate of drug-likeness (QED) is 0.853. The summed E-state index contributed by atoms with van der Waals surface area (Å²) in [5, 5.41) is 17.3. The fraction of sp³-hybridized carbons (Fsp3) is 0.444. The molecule has 2 atom stereocenters. The number of aliphatic hydroxyl groups excluding tert-OH is 1. The smallest absolute Gasteiger partial charge is 0.300 e. The number of rotatable bonds is 3. The molecule has 1 aliphatic carbocycles. The van der Waals surface area contributed by atoms with E-state index in [0.717, 1.165) is 32.6 Å². The van der Waals surface area contributed by atoms with E-state index in [-0.39, 0.29) is 18.5 Å². The van der Waals surface area contributed by atoms with Gasteiger partial charge in [-0.1, -0.05) is 18.0 Å². The molecule has 7 heteroatoms. The summed E-state index contributed by atoms with van der Waals surface area (Å²) in [5.41, 5.74) is 0.429. The fourth-order valence-electron chi connectivity index (χ4n) is 3.17. The average Bonchev–Trinajstić information content (AvgIpc) is 3.06. The Morgan fingerprint density at radius 3 is 2.84 bits per heavy atom. The summed E-state index contributed by atoms with van der Waals surface area (Å²) >= 11 is 5.98. The van der Waals surface area contributed by atoms with E-state index in [2.05, 4.69) is 4.98 Å². The molecule has 2 N–H and O–H groups in total. The van der Waals surface area contributed by atoms with Crippen molar-refractivity contribution in [1.82, 2.24) is 9.55 Å². The highest BCUT2D eigenvalue weighted by atomic mass is 35.5. The third-order valence-corrected chi connectivity index (χ3v) is 4.48. The Labute approximate surface area is 151 Å². The number of aliphatic hydroxyl groups is 1. The first kappa shape index (κ1) is 19.4. The molecule has 1 aliphatic rings. The van der Waals surface area contributed by atoms with E-state index in [1.807, 2.05) is 10.8 Å². The molecule has 1 aromatic carbocycles. The zero-order valence-corrected chi connectivity index (χ0v) is 14.8. The van der Waals surface area contributed by atoms with Crippen LogP contribution in [0.15, 0.2) is 30.6 Å². The van der Waals surface area contributed by atoms with Gasteiger partial charge in [-0.2, -0.15) is 0 Å². The van der Waals surface area contributed by atoms with Gasteiger partial charge in [-0.25, -0.2) is 9.37 Å². The largest absolute Gasteiger partial charge is 0.481 e. The number of carboxylic acid groups (broad SMARTS) is 1.